The van der Waals surface area contributed by atoms with Crippen LogP contribution in [0.2, 0.25) is 0 Å². The van der Waals surface area contributed by atoms with Crippen molar-refractivity contribution in [2.24, 2.45) is 5.73 Å². The summed E-state index contributed by atoms with van der Waals surface area (Å²) in [6.07, 6.45) is 3.21. The predicted molar refractivity (Wildman–Crippen MR) is 93.4 cm³/mol. The first-order valence-corrected chi connectivity index (χ1v) is 7.80. The number of hydrogen-bond acceptors (Lipinski definition) is 4. The summed E-state index contributed by atoms with van der Waals surface area (Å²) >= 11 is 3.38. The first-order valence-electron chi connectivity index (χ1n) is 7.01. The molecule has 0 aliphatic rings. The second-order valence-electron chi connectivity index (χ2n) is 4.97. The lowest BCUT2D eigenvalue weighted by molar-refractivity contribution is -0.115. The first-order chi connectivity index (χ1) is 11.0. The maximum absolute atomic E-state index is 12.0. The molecule has 0 aliphatic carbocycles. The Bertz CT molecular complexity index is 734. The number of rotatable bonds is 6. The fraction of sp³-hybridized carbons (Fsp3) is 0.188. The summed E-state index contributed by atoms with van der Waals surface area (Å²) in [6.45, 7) is 2.31. The van der Waals surface area contributed by atoms with E-state index >= 15 is 0 Å². The van der Waals surface area contributed by atoms with Crippen molar-refractivity contribution in [1.82, 2.24) is 4.98 Å². The van der Waals surface area contributed by atoms with Crippen LogP contribution in [0.4, 0.5) is 11.4 Å². The third-order valence-electron chi connectivity index (χ3n) is 3.22. The van der Waals surface area contributed by atoms with Crippen molar-refractivity contribution in [3.8, 4) is 0 Å². The van der Waals surface area contributed by atoms with Crippen LogP contribution in [-0.2, 0) is 4.79 Å². The van der Waals surface area contributed by atoms with Crippen LogP contribution in [0.1, 0.15) is 22.3 Å². The lowest BCUT2D eigenvalue weighted by Gasteiger charge is -2.11. The molecule has 2 rings (SSSR count). The van der Waals surface area contributed by atoms with Crippen molar-refractivity contribution in [3.05, 3.63) is 52.3 Å². The summed E-state index contributed by atoms with van der Waals surface area (Å²) in [5.41, 5.74) is 7.90. The van der Waals surface area contributed by atoms with Gasteiger partial charge in [-0.1, -0.05) is 15.9 Å². The molecule has 0 spiro atoms. The second kappa shape index (κ2) is 7.73. The van der Waals surface area contributed by atoms with Crippen molar-refractivity contribution in [2.45, 2.75) is 13.3 Å². The van der Waals surface area contributed by atoms with Crippen LogP contribution in [0.3, 0.4) is 0 Å². The lowest BCUT2D eigenvalue weighted by atomic mass is 10.2. The molecule has 23 heavy (non-hydrogen) atoms. The molecule has 120 valence electrons. The topological polar surface area (TPSA) is 97.1 Å². The molecule has 0 aliphatic heterocycles. The molecular weight excluding hydrogens is 360 g/mol. The van der Waals surface area contributed by atoms with E-state index in [-0.39, 0.29) is 12.3 Å². The van der Waals surface area contributed by atoms with Gasteiger partial charge in [0.15, 0.2) is 0 Å². The quantitative estimate of drug-likeness (QED) is 0.721. The highest BCUT2D eigenvalue weighted by Gasteiger charge is 2.09. The number of hydrogen-bond donors (Lipinski definition) is 3. The van der Waals surface area contributed by atoms with Crippen LogP contribution in [0.5, 0.6) is 0 Å². The van der Waals surface area contributed by atoms with Crippen LogP contribution < -0.4 is 16.4 Å². The normalized spacial score (nSPS) is 10.2. The molecule has 1 aromatic heterocycles. The zero-order valence-corrected chi connectivity index (χ0v) is 14.2. The fourth-order valence-corrected chi connectivity index (χ4v) is 2.51. The van der Waals surface area contributed by atoms with Crippen LogP contribution in [0.15, 0.2) is 41.1 Å². The minimum Gasteiger partial charge on any atom is -0.384 e. The molecule has 4 N–H and O–H groups in total. The van der Waals surface area contributed by atoms with Crippen LogP contribution >= 0.6 is 15.9 Å². The SMILES string of the molecule is Cc1cc(Br)ccc1NC(=O)CCNc1ccncc1C(N)=O. The average molecular weight is 377 g/mol. The Morgan fingerprint density at radius 1 is 1.26 bits per heavy atom. The molecule has 0 atom stereocenters. The van der Waals surface area contributed by atoms with Gasteiger partial charge in [0.25, 0.3) is 5.91 Å². The van der Waals surface area contributed by atoms with Gasteiger partial charge in [0, 0.05) is 35.5 Å². The number of amides is 2. The van der Waals surface area contributed by atoms with E-state index in [0.717, 1.165) is 15.7 Å². The Morgan fingerprint density at radius 3 is 2.74 bits per heavy atom. The molecule has 1 heterocycles. The van der Waals surface area contributed by atoms with Crippen molar-refractivity contribution >= 4 is 39.1 Å². The van der Waals surface area contributed by atoms with Gasteiger partial charge in [0.05, 0.1) is 11.3 Å². The van der Waals surface area contributed by atoms with Crippen molar-refractivity contribution < 1.29 is 9.59 Å². The summed E-state index contributed by atoms with van der Waals surface area (Å²) < 4.78 is 0.964. The van der Waals surface area contributed by atoms with E-state index in [1.165, 1.54) is 6.20 Å². The van der Waals surface area contributed by atoms with Gasteiger partial charge in [0.2, 0.25) is 5.91 Å². The minimum atomic E-state index is -0.560. The number of nitrogens with one attached hydrogen (secondary N) is 2. The highest BCUT2D eigenvalue weighted by molar-refractivity contribution is 9.10. The van der Waals surface area contributed by atoms with E-state index in [0.29, 0.717) is 17.8 Å². The molecular formula is C16H17BrN4O2. The lowest BCUT2D eigenvalue weighted by Crippen LogP contribution is -2.19. The van der Waals surface area contributed by atoms with E-state index in [1.807, 2.05) is 25.1 Å². The number of primary amides is 1. The number of anilines is 2. The maximum atomic E-state index is 12.0. The molecule has 2 amide bonds. The standard InChI is InChI=1S/C16H17BrN4O2/c1-10-8-11(17)2-3-13(10)21-15(22)5-7-20-14-4-6-19-9-12(14)16(18)23/h2-4,6,8-9H,5,7H2,1H3,(H2,18,23)(H,19,20)(H,21,22). The van der Waals surface area contributed by atoms with Crippen LogP contribution in [-0.4, -0.2) is 23.3 Å². The molecule has 1 aromatic carbocycles. The van der Waals surface area contributed by atoms with Gasteiger partial charge in [0.1, 0.15) is 0 Å². The Labute approximate surface area is 142 Å². The highest BCUT2D eigenvalue weighted by atomic mass is 79.9. The zero-order valence-electron chi connectivity index (χ0n) is 12.6. The van der Waals surface area contributed by atoms with Gasteiger partial charge in [-0.3, -0.25) is 14.6 Å². The molecule has 0 saturated heterocycles. The van der Waals surface area contributed by atoms with Crippen molar-refractivity contribution in [2.75, 3.05) is 17.2 Å². The van der Waals surface area contributed by atoms with Gasteiger partial charge in [-0.25, -0.2) is 0 Å². The number of aryl methyl sites for hydroxylation is 1. The van der Waals surface area contributed by atoms with Gasteiger partial charge >= 0.3 is 0 Å². The Kier molecular flexibility index (Phi) is 5.70. The van der Waals surface area contributed by atoms with Crippen LogP contribution in [0.25, 0.3) is 0 Å². The molecule has 6 nitrogen and oxygen atoms in total. The van der Waals surface area contributed by atoms with Crippen molar-refractivity contribution in [3.63, 3.8) is 0 Å². The first kappa shape index (κ1) is 17.0. The smallest absolute Gasteiger partial charge is 0.252 e. The predicted octanol–water partition coefficient (Wildman–Crippen LogP) is 2.69. The summed E-state index contributed by atoms with van der Waals surface area (Å²) in [4.78, 5) is 27.1. The molecule has 0 unspecified atom stereocenters. The van der Waals surface area contributed by atoms with E-state index in [1.54, 1.807) is 12.3 Å². The third-order valence-corrected chi connectivity index (χ3v) is 3.71. The number of carbonyl (C=O) groups is 2. The maximum Gasteiger partial charge on any atom is 0.252 e. The van der Waals surface area contributed by atoms with Crippen LogP contribution in [0, 0.1) is 6.92 Å². The Morgan fingerprint density at radius 2 is 2.04 bits per heavy atom. The number of nitrogens with two attached hydrogens (primary N) is 1. The number of pyridine rings is 1. The van der Waals surface area contributed by atoms with Gasteiger partial charge in [-0.2, -0.15) is 0 Å². The number of halogens is 1. The summed E-state index contributed by atoms with van der Waals surface area (Å²) in [5, 5.41) is 5.88. The molecule has 0 bridgehead atoms. The van der Waals surface area contributed by atoms with E-state index in [2.05, 4.69) is 31.5 Å². The zero-order chi connectivity index (χ0) is 16.8. The van der Waals surface area contributed by atoms with E-state index in [4.69, 9.17) is 5.73 Å². The average Bonchev–Trinajstić information content (AvgIpc) is 2.50. The monoisotopic (exact) mass is 376 g/mol. The van der Waals surface area contributed by atoms with Crippen molar-refractivity contribution in [1.29, 1.82) is 0 Å². The van der Waals surface area contributed by atoms with Gasteiger partial charge in [-0.15, -0.1) is 0 Å². The molecule has 0 radical (unpaired) electrons. The molecule has 0 fully saturated rings. The highest BCUT2D eigenvalue weighted by Crippen LogP contribution is 2.20. The minimum absolute atomic E-state index is 0.113. The summed E-state index contributed by atoms with van der Waals surface area (Å²) in [7, 11) is 0. The molecule has 2 aromatic rings. The fourth-order valence-electron chi connectivity index (χ4n) is 2.04. The molecule has 0 saturated carbocycles. The van der Waals surface area contributed by atoms with Gasteiger partial charge < -0.3 is 16.4 Å². The third kappa shape index (κ3) is 4.79. The molecule has 7 heteroatoms. The Balaban J connectivity index is 1.89. The number of benzene rings is 1. The van der Waals surface area contributed by atoms with Gasteiger partial charge in [-0.05, 0) is 36.8 Å². The second-order valence-corrected chi connectivity index (χ2v) is 5.89. The number of carbonyl (C=O) groups excluding carboxylic acids is 2. The number of nitrogens with zero attached hydrogens (tertiary/aromatic N) is 1. The Hall–Kier alpha value is -2.41. The van der Waals surface area contributed by atoms with E-state index in [9.17, 15) is 9.59 Å². The number of aromatic nitrogens is 1. The summed E-state index contributed by atoms with van der Waals surface area (Å²) in [5.74, 6) is -0.673. The van der Waals surface area contributed by atoms with E-state index < -0.39 is 5.91 Å². The largest absolute Gasteiger partial charge is 0.384 e. The summed E-state index contributed by atoms with van der Waals surface area (Å²) in [6, 6.07) is 7.30.